The fraction of sp³-hybridized carbons (Fsp3) is 0.400. The predicted molar refractivity (Wildman–Crippen MR) is 67.7 cm³/mol. The summed E-state index contributed by atoms with van der Waals surface area (Å²) >= 11 is 0. The van der Waals surface area contributed by atoms with Crippen molar-refractivity contribution < 1.29 is 62.6 Å². The minimum Gasteiger partial charge on any atom is -0.872 e. The van der Waals surface area contributed by atoms with E-state index < -0.39 is 64.3 Å². The number of carbonyl (C=O) groups is 1. The molecule has 0 amide bonds. The lowest BCUT2D eigenvalue weighted by Gasteiger charge is -2.37. The summed E-state index contributed by atoms with van der Waals surface area (Å²) in [6.07, 6.45) is -8.43. The van der Waals surface area contributed by atoms with Crippen molar-refractivity contribution in [2.24, 2.45) is 5.41 Å². The first-order chi connectivity index (χ1) is 12.8. The molecular weight excluding hydrogens is 440 g/mol. The highest BCUT2D eigenvalue weighted by atomic mass is 19.4. The first-order valence-electron chi connectivity index (χ1n) is 7.07. The highest BCUT2D eigenvalue weighted by Crippen LogP contribution is 2.75. The molecule has 0 aliphatic heterocycles. The topological polar surface area (TPSA) is 40.1 Å². The standard InChI is InChI=1S/C15H6F12O2/c16-7-3-1-6(2-4-7)8(28)5-9(29)10(15(25,26)27)11(17,18)13(21,22)14(23,24)12(10,19)20/h1-5,28H/p-1/b8-5-. The zero-order valence-corrected chi connectivity index (χ0v) is 13.2. The molecule has 0 bridgehead atoms. The molecule has 0 saturated heterocycles. The van der Waals surface area contributed by atoms with Crippen LogP contribution in [0.2, 0.25) is 0 Å². The van der Waals surface area contributed by atoms with Gasteiger partial charge in [0, 0.05) is 0 Å². The van der Waals surface area contributed by atoms with Crippen LogP contribution in [0.25, 0.3) is 5.76 Å². The van der Waals surface area contributed by atoms with E-state index in [4.69, 9.17) is 0 Å². The summed E-state index contributed by atoms with van der Waals surface area (Å²) in [5.74, 6) is -36.1. The second kappa shape index (κ2) is 6.05. The summed E-state index contributed by atoms with van der Waals surface area (Å²) < 4.78 is 161. The van der Waals surface area contributed by atoms with E-state index in [1.807, 2.05) is 0 Å². The Labute approximate surface area is 152 Å². The highest BCUT2D eigenvalue weighted by molar-refractivity contribution is 6.02. The molecule has 1 aromatic rings. The van der Waals surface area contributed by atoms with Crippen molar-refractivity contribution in [2.75, 3.05) is 0 Å². The van der Waals surface area contributed by atoms with Crippen LogP contribution >= 0.6 is 0 Å². The van der Waals surface area contributed by atoms with Gasteiger partial charge in [-0.2, -0.15) is 48.3 Å². The maximum Gasteiger partial charge on any atom is 0.414 e. The molecule has 1 aliphatic carbocycles. The van der Waals surface area contributed by atoms with E-state index in [0.717, 1.165) is 0 Å². The average Bonchev–Trinajstić information content (AvgIpc) is 2.59. The van der Waals surface area contributed by atoms with Gasteiger partial charge in [-0.15, -0.1) is 0 Å². The lowest BCUT2D eigenvalue weighted by molar-refractivity contribution is -0.341. The molecule has 1 aromatic carbocycles. The van der Waals surface area contributed by atoms with Crippen molar-refractivity contribution >= 4 is 11.5 Å². The van der Waals surface area contributed by atoms with Crippen LogP contribution in [0.1, 0.15) is 5.56 Å². The maximum absolute atomic E-state index is 13.9. The Morgan fingerprint density at radius 2 is 1.17 bits per heavy atom. The number of hydrogen-bond acceptors (Lipinski definition) is 2. The van der Waals surface area contributed by atoms with Gasteiger partial charge in [0.1, 0.15) is 5.82 Å². The number of halogens is 12. The molecule has 0 heterocycles. The van der Waals surface area contributed by atoms with E-state index >= 15 is 0 Å². The molecule has 162 valence electrons. The molecule has 0 N–H and O–H groups in total. The van der Waals surface area contributed by atoms with Gasteiger partial charge >= 0.3 is 29.9 Å². The number of allylic oxidation sites excluding steroid dienone is 1. The van der Waals surface area contributed by atoms with Crippen LogP contribution in [-0.2, 0) is 4.79 Å². The Morgan fingerprint density at radius 3 is 1.52 bits per heavy atom. The average molecular weight is 445 g/mol. The molecule has 0 aromatic heterocycles. The molecule has 1 fully saturated rings. The van der Waals surface area contributed by atoms with Crippen molar-refractivity contribution in [2.45, 2.75) is 29.9 Å². The molecule has 0 atom stereocenters. The van der Waals surface area contributed by atoms with Gasteiger partial charge in [0.05, 0.1) is 0 Å². The third-order valence-electron chi connectivity index (χ3n) is 4.31. The van der Waals surface area contributed by atoms with Crippen LogP contribution < -0.4 is 5.11 Å². The van der Waals surface area contributed by atoms with Crippen LogP contribution in [-0.4, -0.2) is 35.6 Å². The molecule has 0 radical (unpaired) electrons. The van der Waals surface area contributed by atoms with Crippen LogP contribution in [0.3, 0.4) is 0 Å². The monoisotopic (exact) mass is 445 g/mol. The molecular formula is C15H5F12O2-. The maximum atomic E-state index is 13.9. The van der Waals surface area contributed by atoms with Crippen LogP contribution in [0.15, 0.2) is 30.3 Å². The van der Waals surface area contributed by atoms with E-state index in [1.54, 1.807) is 0 Å². The van der Waals surface area contributed by atoms with Gasteiger partial charge in [-0.25, -0.2) is 4.39 Å². The second-order valence-corrected chi connectivity index (χ2v) is 5.93. The molecule has 14 heteroatoms. The van der Waals surface area contributed by atoms with Gasteiger partial charge < -0.3 is 5.11 Å². The third-order valence-corrected chi connectivity index (χ3v) is 4.31. The number of carbonyl (C=O) groups excluding carboxylic acids is 1. The third kappa shape index (κ3) is 2.49. The SMILES string of the molecule is O=C(/C=C(\[O-])c1ccc(F)cc1)C1(C(F)(F)F)C(F)(F)C(F)(F)C(F)(F)C1(F)F. The lowest BCUT2D eigenvalue weighted by Crippen LogP contribution is -2.64. The first kappa shape index (κ1) is 22.9. The number of ketones is 1. The minimum atomic E-state index is -7.35. The highest BCUT2D eigenvalue weighted by Gasteiger charge is 3.06. The van der Waals surface area contributed by atoms with Crippen molar-refractivity contribution in [3.05, 3.63) is 41.7 Å². The summed E-state index contributed by atoms with van der Waals surface area (Å²) in [5.41, 5.74) is -7.85. The fourth-order valence-corrected chi connectivity index (χ4v) is 2.79. The van der Waals surface area contributed by atoms with Crippen molar-refractivity contribution in [3.63, 3.8) is 0 Å². The molecule has 29 heavy (non-hydrogen) atoms. The van der Waals surface area contributed by atoms with Crippen LogP contribution in [0.4, 0.5) is 52.7 Å². The zero-order chi connectivity index (χ0) is 22.8. The number of benzene rings is 1. The molecule has 2 rings (SSSR count). The van der Waals surface area contributed by atoms with Crippen LogP contribution in [0, 0.1) is 11.2 Å². The molecule has 0 unspecified atom stereocenters. The Kier molecular flexibility index (Phi) is 4.77. The smallest absolute Gasteiger partial charge is 0.414 e. The van der Waals surface area contributed by atoms with E-state index in [0.29, 0.717) is 24.3 Å². The number of hydrogen-bond donors (Lipinski definition) is 0. The summed E-state index contributed by atoms with van der Waals surface area (Å²) in [5, 5.41) is 11.7. The predicted octanol–water partition coefficient (Wildman–Crippen LogP) is 4.20. The molecule has 2 nitrogen and oxygen atoms in total. The Morgan fingerprint density at radius 1 is 0.793 bits per heavy atom. The Balaban J connectivity index is 2.82. The van der Waals surface area contributed by atoms with Crippen LogP contribution in [0.5, 0.6) is 0 Å². The van der Waals surface area contributed by atoms with E-state index in [2.05, 4.69) is 0 Å². The van der Waals surface area contributed by atoms with Gasteiger partial charge in [-0.05, 0) is 23.8 Å². The van der Waals surface area contributed by atoms with E-state index in [9.17, 15) is 62.6 Å². The normalized spacial score (nSPS) is 24.3. The number of alkyl halides is 11. The van der Waals surface area contributed by atoms with Crippen molar-refractivity contribution in [3.8, 4) is 0 Å². The largest absolute Gasteiger partial charge is 0.872 e. The minimum absolute atomic E-state index is 0.482. The lowest BCUT2D eigenvalue weighted by atomic mass is 9.74. The number of rotatable bonds is 3. The van der Waals surface area contributed by atoms with Crippen molar-refractivity contribution in [1.29, 1.82) is 0 Å². The van der Waals surface area contributed by atoms with Gasteiger partial charge in [0.2, 0.25) is 0 Å². The Bertz CT molecular complexity index is 825. The molecule has 1 saturated carbocycles. The second-order valence-electron chi connectivity index (χ2n) is 5.93. The summed E-state index contributed by atoms with van der Waals surface area (Å²) in [6, 6.07) is 1.95. The van der Waals surface area contributed by atoms with E-state index in [1.165, 1.54) is 0 Å². The zero-order valence-electron chi connectivity index (χ0n) is 13.2. The fourth-order valence-electron chi connectivity index (χ4n) is 2.79. The summed E-state index contributed by atoms with van der Waals surface area (Å²) in [4.78, 5) is 11.8. The first-order valence-corrected chi connectivity index (χ1v) is 7.07. The van der Waals surface area contributed by atoms with E-state index in [-0.39, 0.29) is 0 Å². The van der Waals surface area contributed by atoms with Gasteiger partial charge in [-0.3, -0.25) is 4.79 Å². The summed E-state index contributed by atoms with van der Waals surface area (Å²) in [6.45, 7) is 0. The molecule has 0 spiro atoms. The van der Waals surface area contributed by atoms with Gasteiger partial charge in [-0.1, -0.05) is 17.9 Å². The van der Waals surface area contributed by atoms with Crippen molar-refractivity contribution in [1.82, 2.24) is 0 Å². The quantitative estimate of drug-likeness (QED) is 0.398. The summed E-state index contributed by atoms with van der Waals surface area (Å²) in [7, 11) is 0. The van der Waals surface area contributed by atoms with Gasteiger partial charge in [0.25, 0.3) is 5.41 Å². The van der Waals surface area contributed by atoms with Gasteiger partial charge in [0.15, 0.2) is 5.78 Å². The Hall–Kier alpha value is -2.41. The molecule has 1 aliphatic rings.